The Balaban J connectivity index is 1.60. The van der Waals surface area contributed by atoms with Gasteiger partial charge in [-0.3, -0.25) is 4.79 Å². The third-order valence-corrected chi connectivity index (χ3v) is 4.20. The van der Waals surface area contributed by atoms with E-state index in [4.69, 9.17) is 9.15 Å². The highest BCUT2D eigenvalue weighted by Gasteiger charge is 2.07. The van der Waals surface area contributed by atoms with Gasteiger partial charge in [0.1, 0.15) is 17.1 Å². The fourth-order valence-electron chi connectivity index (χ4n) is 2.79. The predicted molar refractivity (Wildman–Crippen MR) is 110 cm³/mol. The van der Waals surface area contributed by atoms with Gasteiger partial charge in [0.15, 0.2) is 6.61 Å². The molecule has 0 aliphatic rings. The molecule has 1 amide bonds. The van der Waals surface area contributed by atoms with Crippen LogP contribution in [0, 0.1) is 6.92 Å². The van der Waals surface area contributed by atoms with Crippen molar-refractivity contribution in [2.24, 2.45) is 5.10 Å². The minimum absolute atomic E-state index is 0.0922. The van der Waals surface area contributed by atoms with Crippen molar-refractivity contribution in [2.45, 2.75) is 13.3 Å². The molecule has 0 aliphatic heterocycles. The zero-order valence-corrected chi connectivity index (χ0v) is 15.8. The van der Waals surface area contributed by atoms with Gasteiger partial charge in [-0.25, -0.2) is 10.2 Å². The summed E-state index contributed by atoms with van der Waals surface area (Å²) in [5.41, 5.74) is 4.28. The van der Waals surface area contributed by atoms with Crippen LogP contribution in [0.4, 0.5) is 0 Å². The molecule has 0 bridgehead atoms. The van der Waals surface area contributed by atoms with Gasteiger partial charge in [-0.2, -0.15) is 5.10 Å². The smallest absolute Gasteiger partial charge is 0.336 e. The Morgan fingerprint density at radius 2 is 2.14 bits per heavy atom. The number of benzene rings is 2. The number of phenolic OH excluding ortho intramolecular Hbond substituents is 1. The van der Waals surface area contributed by atoms with E-state index < -0.39 is 11.5 Å². The molecule has 29 heavy (non-hydrogen) atoms. The van der Waals surface area contributed by atoms with Crippen LogP contribution < -0.4 is 15.8 Å². The van der Waals surface area contributed by atoms with Gasteiger partial charge in [0, 0.05) is 23.1 Å². The number of phenols is 1. The number of nitrogens with one attached hydrogen (secondary N) is 1. The molecule has 3 aromatic rings. The number of aromatic hydroxyl groups is 1. The molecule has 0 radical (unpaired) electrons. The van der Waals surface area contributed by atoms with Crippen molar-refractivity contribution >= 4 is 23.1 Å². The Kier molecular flexibility index (Phi) is 6.09. The first-order valence-electron chi connectivity index (χ1n) is 8.89. The lowest BCUT2D eigenvalue weighted by Gasteiger charge is -2.07. The van der Waals surface area contributed by atoms with Crippen molar-refractivity contribution in [3.8, 4) is 11.5 Å². The molecule has 0 unspecified atom stereocenters. The SMILES string of the molecule is C=CCc1cccc(/C=N/NC(=O)COc2ccc3c(C)cc(=O)oc3c2)c1O. The fraction of sp³-hybridized carbons (Fsp3) is 0.136. The van der Waals surface area contributed by atoms with Crippen molar-refractivity contribution in [2.75, 3.05) is 6.61 Å². The van der Waals surface area contributed by atoms with E-state index in [-0.39, 0.29) is 12.4 Å². The third kappa shape index (κ3) is 4.90. The summed E-state index contributed by atoms with van der Waals surface area (Å²) in [5, 5.41) is 14.8. The van der Waals surface area contributed by atoms with Gasteiger partial charge in [0.05, 0.1) is 6.21 Å². The first kappa shape index (κ1) is 19.9. The molecular formula is C22H20N2O5. The Morgan fingerprint density at radius 1 is 1.31 bits per heavy atom. The second-order valence-electron chi connectivity index (χ2n) is 6.34. The van der Waals surface area contributed by atoms with Crippen LogP contribution >= 0.6 is 0 Å². The number of ether oxygens (including phenoxy) is 1. The van der Waals surface area contributed by atoms with Gasteiger partial charge in [-0.05, 0) is 42.7 Å². The molecule has 0 saturated carbocycles. The van der Waals surface area contributed by atoms with Crippen LogP contribution in [0.5, 0.6) is 11.5 Å². The minimum atomic E-state index is -0.478. The molecule has 3 rings (SSSR count). The van der Waals surface area contributed by atoms with E-state index in [9.17, 15) is 14.7 Å². The topological polar surface area (TPSA) is 101 Å². The first-order valence-corrected chi connectivity index (χ1v) is 8.89. The number of nitrogens with zero attached hydrogens (tertiary/aromatic N) is 1. The number of aryl methyl sites for hydroxylation is 1. The largest absolute Gasteiger partial charge is 0.507 e. The number of fused-ring (bicyclic) bond motifs is 1. The number of carbonyl (C=O) groups is 1. The summed E-state index contributed by atoms with van der Waals surface area (Å²) in [7, 11) is 0. The molecule has 0 fully saturated rings. The maximum atomic E-state index is 11.9. The van der Waals surface area contributed by atoms with E-state index in [1.807, 2.05) is 6.92 Å². The number of carbonyl (C=O) groups excluding carboxylic acids is 1. The summed E-state index contributed by atoms with van der Waals surface area (Å²) < 4.78 is 10.6. The quantitative estimate of drug-likeness (QED) is 0.279. The van der Waals surface area contributed by atoms with E-state index in [2.05, 4.69) is 17.1 Å². The summed E-state index contributed by atoms with van der Waals surface area (Å²) in [6.45, 7) is 5.18. The van der Waals surface area contributed by atoms with Crippen LogP contribution in [0.25, 0.3) is 11.0 Å². The summed E-state index contributed by atoms with van der Waals surface area (Å²) in [6.07, 6.45) is 3.57. The molecule has 0 saturated heterocycles. The number of para-hydroxylation sites is 1. The second-order valence-corrected chi connectivity index (χ2v) is 6.34. The van der Waals surface area contributed by atoms with Crippen LogP contribution in [-0.4, -0.2) is 23.8 Å². The average molecular weight is 392 g/mol. The Morgan fingerprint density at radius 3 is 2.93 bits per heavy atom. The molecule has 0 atom stereocenters. The van der Waals surface area contributed by atoms with Crippen LogP contribution in [-0.2, 0) is 11.2 Å². The van der Waals surface area contributed by atoms with E-state index in [0.29, 0.717) is 23.3 Å². The molecule has 2 N–H and O–H groups in total. The third-order valence-electron chi connectivity index (χ3n) is 4.20. The predicted octanol–water partition coefficient (Wildman–Crippen LogP) is 3.06. The number of rotatable bonds is 7. The highest BCUT2D eigenvalue weighted by molar-refractivity contribution is 5.86. The van der Waals surface area contributed by atoms with Gasteiger partial charge >= 0.3 is 5.63 Å². The molecule has 1 aromatic heterocycles. The number of amides is 1. The number of allylic oxidation sites excluding steroid dienone is 1. The number of hydrogen-bond donors (Lipinski definition) is 2. The minimum Gasteiger partial charge on any atom is -0.507 e. The zero-order valence-electron chi connectivity index (χ0n) is 15.8. The molecule has 7 heteroatoms. The second kappa shape index (κ2) is 8.88. The lowest BCUT2D eigenvalue weighted by Crippen LogP contribution is -2.24. The van der Waals surface area contributed by atoms with Crippen molar-refractivity contribution in [1.29, 1.82) is 0 Å². The van der Waals surface area contributed by atoms with Gasteiger partial charge in [0.2, 0.25) is 0 Å². The van der Waals surface area contributed by atoms with Crippen LogP contribution in [0.2, 0.25) is 0 Å². The van der Waals surface area contributed by atoms with Crippen molar-refractivity contribution in [3.63, 3.8) is 0 Å². The van der Waals surface area contributed by atoms with Crippen LogP contribution in [0.3, 0.4) is 0 Å². The number of hydrogen-bond acceptors (Lipinski definition) is 6. The highest BCUT2D eigenvalue weighted by Crippen LogP contribution is 2.22. The average Bonchev–Trinajstić information content (AvgIpc) is 2.69. The Hall–Kier alpha value is -3.87. The van der Waals surface area contributed by atoms with Crippen molar-refractivity contribution in [3.05, 3.63) is 82.2 Å². The molecule has 148 valence electrons. The Bertz CT molecular complexity index is 1150. The van der Waals surface area contributed by atoms with Gasteiger partial charge in [-0.15, -0.1) is 6.58 Å². The summed E-state index contributed by atoms with van der Waals surface area (Å²) in [6, 6.07) is 11.7. The van der Waals surface area contributed by atoms with E-state index >= 15 is 0 Å². The van der Waals surface area contributed by atoms with Crippen molar-refractivity contribution in [1.82, 2.24) is 5.43 Å². The molecule has 1 heterocycles. The zero-order chi connectivity index (χ0) is 20.8. The molecule has 0 spiro atoms. The standard InChI is InChI=1S/C22H20N2O5/c1-3-5-15-6-4-7-16(22(15)27)12-23-24-20(25)13-28-17-8-9-18-14(2)10-21(26)29-19(18)11-17/h3-4,6-12,27H,1,5,13H2,2H3,(H,24,25)/b23-12+. The monoisotopic (exact) mass is 392 g/mol. The Labute approximate surface area is 166 Å². The summed E-state index contributed by atoms with van der Waals surface area (Å²) in [4.78, 5) is 23.4. The summed E-state index contributed by atoms with van der Waals surface area (Å²) >= 11 is 0. The maximum absolute atomic E-state index is 11.9. The van der Waals surface area contributed by atoms with Gasteiger partial charge in [0.25, 0.3) is 5.91 Å². The van der Waals surface area contributed by atoms with E-state index in [1.165, 1.54) is 12.3 Å². The number of hydrazone groups is 1. The van der Waals surface area contributed by atoms with Crippen molar-refractivity contribution < 1.29 is 19.1 Å². The van der Waals surface area contributed by atoms with Gasteiger partial charge in [-0.1, -0.05) is 18.2 Å². The van der Waals surface area contributed by atoms with Crippen LogP contribution in [0.1, 0.15) is 16.7 Å². The molecule has 0 aliphatic carbocycles. The fourth-order valence-corrected chi connectivity index (χ4v) is 2.79. The summed E-state index contributed by atoms with van der Waals surface area (Å²) in [5.74, 6) is 0.00327. The van der Waals surface area contributed by atoms with E-state index in [1.54, 1.807) is 42.5 Å². The maximum Gasteiger partial charge on any atom is 0.336 e. The lowest BCUT2D eigenvalue weighted by atomic mass is 10.1. The normalized spacial score (nSPS) is 10.9. The molecular weight excluding hydrogens is 372 g/mol. The van der Waals surface area contributed by atoms with E-state index in [0.717, 1.165) is 16.5 Å². The molecule has 2 aromatic carbocycles. The van der Waals surface area contributed by atoms with Crippen LogP contribution in [0.15, 0.2) is 69.4 Å². The highest BCUT2D eigenvalue weighted by atomic mass is 16.5. The van der Waals surface area contributed by atoms with Gasteiger partial charge < -0.3 is 14.3 Å². The lowest BCUT2D eigenvalue weighted by molar-refractivity contribution is -0.123. The first-order chi connectivity index (χ1) is 14.0. The molecule has 7 nitrogen and oxygen atoms in total.